The number of fused-ring (bicyclic) bond motifs is 3. The summed E-state index contributed by atoms with van der Waals surface area (Å²) in [5.74, 6) is -0.00876. The van der Waals surface area contributed by atoms with Crippen molar-refractivity contribution in [2.75, 3.05) is 6.61 Å². The summed E-state index contributed by atoms with van der Waals surface area (Å²) >= 11 is 5.84. The van der Waals surface area contributed by atoms with Crippen LogP contribution in [0.4, 0.5) is 0 Å². The van der Waals surface area contributed by atoms with E-state index in [1.807, 2.05) is 30.3 Å². The van der Waals surface area contributed by atoms with Gasteiger partial charge in [-0.05, 0) is 29.9 Å². The molecule has 2 aromatic carbocycles. The molecule has 3 atom stereocenters. The van der Waals surface area contributed by atoms with E-state index in [0.29, 0.717) is 24.3 Å². The molecule has 2 fully saturated rings. The molecule has 6 heteroatoms. The molecule has 2 aliphatic rings. The van der Waals surface area contributed by atoms with Crippen LogP contribution in [0.5, 0.6) is 0 Å². The maximum absolute atomic E-state index is 12.3. The van der Waals surface area contributed by atoms with Crippen LogP contribution in [0.25, 0.3) is 11.0 Å². The van der Waals surface area contributed by atoms with Crippen molar-refractivity contribution in [1.29, 1.82) is 0 Å². The number of Topliss-reactive ketones (excluding diaryl/α,β-unsaturated/α-hetero) is 1. The quantitative estimate of drug-likeness (QED) is 0.666. The molecule has 2 saturated heterocycles. The summed E-state index contributed by atoms with van der Waals surface area (Å²) < 4.78 is 16.2. The summed E-state index contributed by atoms with van der Waals surface area (Å²) in [7, 11) is 0. The van der Waals surface area contributed by atoms with E-state index in [1.54, 1.807) is 0 Å². The number of imidazole rings is 1. The third-order valence-corrected chi connectivity index (χ3v) is 5.61. The van der Waals surface area contributed by atoms with Gasteiger partial charge >= 0.3 is 0 Å². The first-order valence-corrected chi connectivity index (χ1v) is 9.16. The monoisotopic (exact) mass is 366 g/mol. The predicted molar refractivity (Wildman–Crippen MR) is 99.6 cm³/mol. The fourth-order valence-electron chi connectivity index (χ4n) is 3.95. The topological polar surface area (TPSA) is 45.4 Å². The molecule has 0 aliphatic carbocycles. The van der Waals surface area contributed by atoms with E-state index in [-0.39, 0.29) is 17.9 Å². The second-order valence-electron chi connectivity index (χ2n) is 6.79. The van der Waals surface area contributed by atoms with Crippen LogP contribution in [-0.2, 0) is 20.8 Å². The van der Waals surface area contributed by atoms with Crippen LogP contribution in [0.15, 0.2) is 54.6 Å². The normalized spacial score (nSPS) is 25.1. The Bertz CT molecular complexity index is 1040. The molecule has 2 aliphatic heterocycles. The lowest BCUT2D eigenvalue weighted by molar-refractivity contribution is -0.156. The Labute approximate surface area is 155 Å². The van der Waals surface area contributed by atoms with Gasteiger partial charge < -0.3 is 18.6 Å². The smallest absolute Gasteiger partial charge is 0.218 e. The lowest BCUT2D eigenvalue weighted by atomic mass is 10.0. The number of ketones is 1. The van der Waals surface area contributed by atoms with Crippen molar-refractivity contribution in [3.63, 3.8) is 0 Å². The second kappa shape index (κ2) is 6.16. The first-order valence-electron chi connectivity index (χ1n) is 8.76. The van der Waals surface area contributed by atoms with Crippen LogP contribution >= 0.6 is 12.2 Å². The number of hydrogen-bond donors (Lipinski definition) is 0. The van der Waals surface area contributed by atoms with E-state index >= 15 is 0 Å². The van der Waals surface area contributed by atoms with E-state index in [4.69, 9.17) is 21.7 Å². The molecule has 5 rings (SSSR count). The van der Waals surface area contributed by atoms with Gasteiger partial charge in [-0.15, -0.1) is 0 Å². The summed E-state index contributed by atoms with van der Waals surface area (Å²) in [6.45, 7) is 1.12. The van der Waals surface area contributed by atoms with Gasteiger partial charge in [-0.2, -0.15) is 0 Å². The lowest BCUT2D eigenvalue weighted by Crippen LogP contribution is -2.37. The summed E-state index contributed by atoms with van der Waals surface area (Å²) in [4.78, 5) is 12.3. The Kier molecular flexibility index (Phi) is 3.77. The highest BCUT2D eigenvalue weighted by Crippen LogP contribution is 2.36. The van der Waals surface area contributed by atoms with Gasteiger partial charge in [0, 0.05) is 6.42 Å². The summed E-state index contributed by atoms with van der Waals surface area (Å²) in [6, 6.07) is 18.3. The van der Waals surface area contributed by atoms with Crippen LogP contribution in [0.2, 0.25) is 0 Å². The van der Waals surface area contributed by atoms with E-state index in [1.165, 1.54) is 5.56 Å². The fourth-order valence-corrected chi connectivity index (χ4v) is 4.35. The maximum Gasteiger partial charge on any atom is 0.218 e. The summed E-state index contributed by atoms with van der Waals surface area (Å²) in [6.07, 6.45) is -0.438. The van der Waals surface area contributed by atoms with E-state index in [2.05, 4.69) is 33.4 Å². The Hall–Kier alpha value is -2.28. The molecule has 1 aromatic heterocycles. The molecule has 132 valence electrons. The van der Waals surface area contributed by atoms with Gasteiger partial charge in [-0.1, -0.05) is 42.5 Å². The third kappa shape index (κ3) is 2.45. The van der Waals surface area contributed by atoms with Gasteiger partial charge in [-0.25, -0.2) is 0 Å². The largest absolute Gasteiger partial charge is 0.343 e. The average Bonchev–Trinajstić information content (AvgIpc) is 3.21. The zero-order valence-electron chi connectivity index (χ0n) is 14.1. The highest BCUT2D eigenvalue weighted by Gasteiger charge is 2.44. The first kappa shape index (κ1) is 15.9. The SMILES string of the molecule is O=C1C[C@H](n2c(=S)n(Cc3ccccc3)c3ccccc32)[C@@H]2CO[C@@H]1O2. The van der Waals surface area contributed by atoms with Crippen LogP contribution in [0.3, 0.4) is 0 Å². The van der Waals surface area contributed by atoms with Crippen LogP contribution in [-0.4, -0.2) is 33.9 Å². The first-order chi connectivity index (χ1) is 12.7. The Balaban J connectivity index is 1.65. The summed E-state index contributed by atoms with van der Waals surface area (Å²) in [5.41, 5.74) is 3.28. The zero-order valence-corrected chi connectivity index (χ0v) is 14.9. The molecule has 0 amide bonds. The molecular formula is C20H18N2O3S. The Morgan fingerprint density at radius 1 is 1.04 bits per heavy atom. The molecule has 5 nitrogen and oxygen atoms in total. The molecule has 3 heterocycles. The van der Waals surface area contributed by atoms with Crippen molar-refractivity contribution in [2.24, 2.45) is 0 Å². The van der Waals surface area contributed by atoms with Gasteiger partial charge in [-0.3, -0.25) is 4.79 Å². The lowest BCUT2D eigenvalue weighted by Gasteiger charge is -2.28. The number of nitrogens with zero attached hydrogens (tertiary/aromatic N) is 2. The molecule has 26 heavy (non-hydrogen) atoms. The number of carbonyl (C=O) groups excluding carboxylic acids is 1. The van der Waals surface area contributed by atoms with Gasteiger partial charge in [0.2, 0.25) is 6.29 Å². The van der Waals surface area contributed by atoms with Crippen molar-refractivity contribution < 1.29 is 14.3 Å². The van der Waals surface area contributed by atoms with E-state index in [0.717, 1.165) is 11.0 Å². The minimum atomic E-state index is -0.692. The molecule has 0 radical (unpaired) electrons. The van der Waals surface area contributed by atoms with Crippen LogP contribution in [0.1, 0.15) is 18.0 Å². The van der Waals surface area contributed by atoms with Crippen LogP contribution in [0, 0.1) is 4.77 Å². The number of carbonyl (C=O) groups is 1. The fraction of sp³-hybridized carbons (Fsp3) is 0.300. The van der Waals surface area contributed by atoms with Crippen molar-refractivity contribution >= 4 is 29.0 Å². The maximum atomic E-state index is 12.3. The molecule has 0 spiro atoms. The van der Waals surface area contributed by atoms with Crippen molar-refractivity contribution in [2.45, 2.75) is 31.4 Å². The Morgan fingerprint density at radius 3 is 2.58 bits per heavy atom. The molecule has 0 unspecified atom stereocenters. The van der Waals surface area contributed by atoms with Crippen molar-refractivity contribution in [1.82, 2.24) is 9.13 Å². The molecule has 0 saturated carbocycles. The zero-order chi connectivity index (χ0) is 17.7. The molecular weight excluding hydrogens is 348 g/mol. The standard InChI is InChI=1S/C20H18N2O3S/c23-17-10-16(18-12-24-19(17)25-18)22-15-9-5-4-8-14(15)21(20(22)26)11-13-6-2-1-3-7-13/h1-9,16,18-19H,10-12H2/t16-,18-,19+/m0/s1. The predicted octanol–water partition coefficient (Wildman–Crippen LogP) is 3.48. The summed E-state index contributed by atoms with van der Waals surface area (Å²) in [5, 5.41) is 0. The van der Waals surface area contributed by atoms with Crippen LogP contribution < -0.4 is 0 Å². The molecule has 3 aromatic rings. The minimum absolute atomic E-state index is 0.00876. The molecule has 2 bridgehead atoms. The van der Waals surface area contributed by atoms with Gasteiger partial charge in [0.1, 0.15) is 6.10 Å². The number of ether oxygens (including phenoxy) is 2. The number of aromatic nitrogens is 2. The van der Waals surface area contributed by atoms with Gasteiger partial charge in [0.05, 0.1) is 30.2 Å². The number of rotatable bonds is 3. The average molecular weight is 366 g/mol. The number of para-hydroxylation sites is 2. The van der Waals surface area contributed by atoms with Crippen molar-refractivity contribution in [3.05, 3.63) is 64.9 Å². The molecule has 0 N–H and O–H groups in total. The van der Waals surface area contributed by atoms with E-state index < -0.39 is 6.29 Å². The van der Waals surface area contributed by atoms with E-state index in [9.17, 15) is 4.79 Å². The second-order valence-corrected chi connectivity index (χ2v) is 7.16. The number of hydrogen-bond acceptors (Lipinski definition) is 4. The third-order valence-electron chi connectivity index (χ3n) is 5.20. The number of benzene rings is 2. The minimum Gasteiger partial charge on any atom is -0.343 e. The van der Waals surface area contributed by atoms with Gasteiger partial charge in [0.15, 0.2) is 10.6 Å². The highest BCUT2D eigenvalue weighted by atomic mass is 32.1. The van der Waals surface area contributed by atoms with Crippen molar-refractivity contribution in [3.8, 4) is 0 Å². The Morgan fingerprint density at radius 2 is 1.77 bits per heavy atom. The van der Waals surface area contributed by atoms with Gasteiger partial charge in [0.25, 0.3) is 0 Å². The highest BCUT2D eigenvalue weighted by molar-refractivity contribution is 7.71.